The van der Waals surface area contributed by atoms with E-state index in [1.807, 2.05) is 13.8 Å². The Bertz CT molecular complexity index is 129. The topological polar surface area (TPSA) is 56.4 Å². The van der Waals surface area contributed by atoms with Crippen LogP contribution in [0.4, 0.5) is 0 Å². The van der Waals surface area contributed by atoms with Crippen LogP contribution in [0.3, 0.4) is 0 Å². The fourth-order valence-electron chi connectivity index (χ4n) is 1.19. The van der Waals surface area contributed by atoms with E-state index in [4.69, 9.17) is 0 Å². The molecule has 4 nitrogen and oxygen atoms in total. The minimum Gasteiger partial charge on any atom is -0.665 e. The molecule has 0 aliphatic carbocycles. The first-order valence-corrected chi connectivity index (χ1v) is 8.59. The third kappa shape index (κ3) is 84.9. The molecule has 0 bridgehead atoms. The van der Waals surface area contributed by atoms with Crippen LogP contribution in [-0.4, -0.2) is 51.4 Å². The van der Waals surface area contributed by atoms with Crippen LogP contribution in [0.25, 0.3) is 21.3 Å². The summed E-state index contributed by atoms with van der Waals surface area (Å²) in [6.45, 7) is 22.7. The maximum Gasteiger partial charge on any atom is 4.00 e. The Kier molecular flexibility index (Phi) is 46.5. The van der Waals surface area contributed by atoms with Crippen LogP contribution in [0.5, 0.6) is 0 Å². The van der Waals surface area contributed by atoms with Crippen LogP contribution in [0.15, 0.2) is 0 Å². The molecule has 0 aliphatic rings. The van der Waals surface area contributed by atoms with Crippen LogP contribution in [0.2, 0.25) is 0 Å². The second-order valence-corrected chi connectivity index (χ2v) is 5.94. The fourth-order valence-corrected chi connectivity index (χ4v) is 1.19. The molecule has 0 aromatic rings. The number of rotatable bonds is 6. The van der Waals surface area contributed by atoms with Gasteiger partial charge in [0.2, 0.25) is 0 Å². The standard InChI is InChI=1S/2C6H14N.2C3H8N.Zr/c2*1-5(2)7-6(3)4;2*1-3-4-2;/h2*5-6H,1-4H3;2*3H2,1-2H3;/q4*-1;+4. The molecular formula is C18H44N4Zr. The summed E-state index contributed by atoms with van der Waals surface area (Å²) >= 11 is 0. The summed E-state index contributed by atoms with van der Waals surface area (Å²) in [5.41, 5.74) is 0. The summed E-state index contributed by atoms with van der Waals surface area (Å²) in [5, 5.41) is 16.0. The van der Waals surface area contributed by atoms with Crippen molar-refractivity contribution in [2.24, 2.45) is 0 Å². The van der Waals surface area contributed by atoms with Gasteiger partial charge in [-0.3, -0.25) is 0 Å². The summed E-state index contributed by atoms with van der Waals surface area (Å²) in [4.78, 5) is 0. The summed E-state index contributed by atoms with van der Waals surface area (Å²) in [6.07, 6.45) is 0. The van der Waals surface area contributed by atoms with Gasteiger partial charge in [-0.25, -0.2) is 0 Å². The van der Waals surface area contributed by atoms with Crippen molar-refractivity contribution in [3.05, 3.63) is 21.3 Å². The zero-order valence-electron chi connectivity index (χ0n) is 18.0. The summed E-state index contributed by atoms with van der Waals surface area (Å²) in [7, 11) is 3.61. The van der Waals surface area contributed by atoms with Gasteiger partial charge < -0.3 is 21.3 Å². The van der Waals surface area contributed by atoms with Crippen molar-refractivity contribution in [3.63, 3.8) is 0 Å². The van der Waals surface area contributed by atoms with Crippen LogP contribution < -0.4 is 0 Å². The maximum atomic E-state index is 4.28. The molecule has 0 spiro atoms. The zero-order chi connectivity index (χ0) is 18.6. The predicted octanol–water partition coefficient (Wildman–Crippen LogP) is 6.37. The maximum absolute atomic E-state index is 4.28. The Balaban J connectivity index is -0.0000000639. The largest absolute Gasteiger partial charge is 4.00 e. The summed E-state index contributed by atoms with van der Waals surface area (Å²) < 4.78 is 0. The molecule has 140 valence electrons. The monoisotopic (exact) mass is 406 g/mol. The normalized spacial score (nSPS) is 9.39. The second kappa shape index (κ2) is 30.6. The minimum atomic E-state index is 0. The van der Waals surface area contributed by atoms with Crippen molar-refractivity contribution in [1.29, 1.82) is 0 Å². The molecule has 0 fully saturated rings. The van der Waals surface area contributed by atoms with Crippen molar-refractivity contribution in [2.45, 2.75) is 93.4 Å². The van der Waals surface area contributed by atoms with E-state index in [1.165, 1.54) is 0 Å². The van der Waals surface area contributed by atoms with E-state index in [1.54, 1.807) is 14.1 Å². The molecule has 0 radical (unpaired) electrons. The van der Waals surface area contributed by atoms with Crippen LogP contribution in [-0.2, 0) is 26.2 Å². The SMILES string of the molecule is CC(C)[N-]C(C)C.CC(C)[N-]C(C)C.CC[N-]C.CC[N-]C.[Zr+4]. The molecule has 0 unspecified atom stereocenters. The third-order valence-electron chi connectivity index (χ3n) is 1.83. The average Bonchev–Trinajstić information content (AvgIpc) is 2.36. The van der Waals surface area contributed by atoms with Crippen molar-refractivity contribution in [3.8, 4) is 0 Å². The Morgan fingerprint density at radius 2 is 0.652 bits per heavy atom. The van der Waals surface area contributed by atoms with E-state index in [2.05, 4.69) is 76.7 Å². The van der Waals surface area contributed by atoms with Crippen molar-refractivity contribution in [2.75, 3.05) is 27.2 Å². The first-order chi connectivity index (χ1) is 10.1. The molecule has 5 heteroatoms. The molecule has 0 aromatic carbocycles. The van der Waals surface area contributed by atoms with E-state index in [0.29, 0.717) is 24.2 Å². The molecule has 0 aliphatic heterocycles. The van der Waals surface area contributed by atoms with E-state index < -0.39 is 0 Å². The Morgan fingerprint density at radius 1 is 0.522 bits per heavy atom. The van der Waals surface area contributed by atoms with Gasteiger partial charge in [0.25, 0.3) is 0 Å². The molecule has 0 heterocycles. The molecule has 0 atom stereocenters. The van der Waals surface area contributed by atoms with E-state index >= 15 is 0 Å². The zero-order valence-corrected chi connectivity index (χ0v) is 20.5. The molecule has 0 amide bonds. The third-order valence-corrected chi connectivity index (χ3v) is 1.83. The Labute approximate surface area is 167 Å². The van der Waals surface area contributed by atoms with Gasteiger partial charge in [0.05, 0.1) is 0 Å². The Hall–Kier alpha value is 0.723. The van der Waals surface area contributed by atoms with Crippen molar-refractivity contribution < 1.29 is 26.2 Å². The van der Waals surface area contributed by atoms with Gasteiger partial charge in [0.15, 0.2) is 0 Å². The molecule has 23 heavy (non-hydrogen) atoms. The van der Waals surface area contributed by atoms with Gasteiger partial charge in [-0.1, -0.05) is 69.2 Å². The second-order valence-electron chi connectivity index (χ2n) is 5.94. The summed E-state index contributed by atoms with van der Waals surface area (Å²) in [6, 6.07) is 2.00. The van der Waals surface area contributed by atoms with Crippen LogP contribution in [0.1, 0.15) is 69.2 Å². The average molecular weight is 408 g/mol. The van der Waals surface area contributed by atoms with Gasteiger partial charge in [0, 0.05) is 0 Å². The molecule has 0 rings (SSSR count). The summed E-state index contributed by atoms with van der Waals surface area (Å²) in [5.74, 6) is 0. The van der Waals surface area contributed by atoms with Crippen molar-refractivity contribution >= 4 is 0 Å². The van der Waals surface area contributed by atoms with E-state index in [0.717, 1.165) is 13.1 Å². The molecular weight excluding hydrogens is 363 g/mol. The van der Waals surface area contributed by atoms with Gasteiger partial charge in [0.1, 0.15) is 0 Å². The molecule has 0 saturated heterocycles. The van der Waals surface area contributed by atoms with Crippen LogP contribution >= 0.6 is 0 Å². The molecule has 0 N–H and O–H groups in total. The van der Waals surface area contributed by atoms with Gasteiger partial charge in [-0.15, -0.1) is 24.2 Å². The van der Waals surface area contributed by atoms with Crippen LogP contribution in [0, 0.1) is 0 Å². The predicted molar refractivity (Wildman–Crippen MR) is 107 cm³/mol. The number of nitrogens with zero attached hydrogens (tertiary/aromatic N) is 4. The molecule has 0 aromatic heterocycles. The fraction of sp³-hybridized carbons (Fsp3) is 1.00. The first kappa shape index (κ1) is 34.9. The van der Waals surface area contributed by atoms with Crippen molar-refractivity contribution in [1.82, 2.24) is 0 Å². The first-order valence-electron chi connectivity index (χ1n) is 8.59. The smallest absolute Gasteiger partial charge is 0.665 e. The minimum absolute atomic E-state index is 0. The molecule has 0 saturated carbocycles. The van der Waals surface area contributed by atoms with Gasteiger partial charge in [-0.05, 0) is 0 Å². The van der Waals surface area contributed by atoms with Gasteiger partial charge >= 0.3 is 26.2 Å². The quantitative estimate of drug-likeness (QED) is 0.491. The number of hydrogen-bond donors (Lipinski definition) is 0. The van der Waals surface area contributed by atoms with E-state index in [9.17, 15) is 0 Å². The number of hydrogen-bond acceptors (Lipinski definition) is 0. The Morgan fingerprint density at radius 3 is 0.652 bits per heavy atom. The van der Waals surface area contributed by atoms with E-state index in [-0.39, 0.29) is 26.2 Å². The van der Waals surface area contributed by atoms with Gasteiger partial charge in [-0.2, -0.15) is 27.2 Å².